The van der Waals surface area contributed by atoms with Gasteiger partial charge in [0.05, 0.1) is 0 Å². The predicted molar refractivity (Wildman–Crippen MR) is 87.4 cm³/mol. The number of hydrogen-bond acceptors (Lipinski definition) is 2. The first-order chi connectivity index (χ1) is 10.0. The monoisotopic (exact) mass is 282 g/mol. The van der Waals surface area contributed by atoms with Crippen LogP contribution < -0.4 is 5.32 Å². The van der Waals surface area contributed by atoms with Crippen LogP contribution in [0.1, 0.15) is 28.9 Å². The minimum Gasteiger partial charge on any atom is -0.355 e. The molecule has 1 unspecified atom stereocenters. The van der Waals surface area contributed by atoms with E-state index in [0.29, 0.717) is 11.6 Å². The second-order valence-electron chi connectivity index (χ2n) is 5.39. The minimum absolute atomic E-state index is 0.0589. The van der Waals surface area contributed by atoms with Crippen LogP contribution in [0.3, 0.4) is 0 Å². The first-order valence-electron chi connectivity index (χ1n) is 7.12. The Bertz CT molecular complexity index is 617. The molecule has 2 aromatic rings. The molecule has 0 aliphatic heterocycles. The van der Waals surface area contributed by atoms with Crippen LogP contribution in [0.5, 0.6) is 0 Å². The van der Waals surface area contributed by atoms with Gasteiger partial charge in [0.1, 0.15) is 0 Å². The Balaban J connectivity index is 2.38. The second-order valence-corrected chi connectivity index (χ2v) is 5.39. The van der Waals surface area contributed by atoms with Crippen LogP contribution >= 0.6 is 0 Å². The fraction of sp³-hybridized carbons (Fsp3) is 0.278. The number of hydrogen-bond donors (Lipinski definition) is 1. The van der Waals surface area contributed by atoms with E-state index in [-0.39, 0.29) is 5.91 Å². The molecule has 0 saturated heterocycles. The summed E-state index contributed by atoms with van der Waals surface area (Å²) in [7, 11) is 5.79. The van der Waals surface area contributed by atoms with E-state index < -0.39 is 0 Å². The molecule has 0 aliphatic rings. The number of benzene rings is 2. The summed E-state index contributed by atoms with van der Waals surface area (Å²) in [5.74, 6) is -0.0589. The molecule has 0 bridgehead atoms. The van der Waals surface area contributed by atoms with Crippen LogP contribution in [0.4, 0.5) is 0 Å². The Morgan fingerprint density at radius 2 is 1.67 bits per heavy atom. The van der Waals surface area contributed by atoms with Crippen molar-refractivity contribution in [2.75, 3.05) is 21.1 Å². The fourth-order valence-corrected chi connectivity index (χ4v) is 2.31. The summed E-state index contributed by atoms with van der Waals surface area (Å²) in [4.78, 5) is 14.1. The van der Waals surface area contributed by atoms with E-state index in [1.54, 1.807) is 7.05 Å². The maximum atomic E-state index is 12.0. The van der Waals surface area contributed by atoms with E-state index in [2.05, 4.69) is 55.5 Å². The molecule has 3 heteroatoms. The Kier molecular flexibility index (Phi) is 4.76. The highest BCUT2D eigenvalue weighted by Crippen LogP contribution is 2.26. The van der Waals surface area contributed by atoms with Crippen LogP contribution in [0.2, 0.25) is 0 Å². The molecule has 1 N–H and O–H groups in total. The number of carbonyl (C=O) groups is 1. The standard InChI is InChI=1S/C18H22N2O/c1-13(20(3)4)14-9-11-15(12-10-14)16-7-5-6-8-17(16)18(21)19-2/h5-13H,1-4H3,(H,19,21). The second kappa shape index (κ2) is 6.55. The molecule has 2 aromatic carbocycles. The molecule has 0 saturated carbocycles. The molecule has 0 aromatic heterocycles. The number of rotatable bonds is 4. The average molecular weight is 282 g/mol. The summed E-state index contributed by atoms with van der Waals surface area (Å²) in [6.45, 7) is 2.17. The Hall–Kier alpha value is -2.13. The molecule has 110 valence electrons. The van der Waals surface area contributed by atoms with Crippen LogP contribution in [0.15, 0.2) is 48.5 Å². The molecule has 0 spiro atoms. The quantitative estimate of drug-likeness (QED) is 0.933. The first-order valence-corrected chi connectivity index (χ1v) is 7.12. The van der Waals surface area contributed by atoms with E-state index in [1.807, 2.05) is 24.3 Å². The van der Waals surface area contributed by atoms with Gasteiger partial charge in [-0.25, -0.2) is 0 Å². The van der Waals surface area contributed by atoms with Gasteiger partial charge in [0.25, 0.3) is 5.91 Å². The van der Waals surface area contributed by atoms with E-state index in [4.69, 9.17) is 0 Å². The van der Waals surface area contributed by atoms with Crippen molar-refractivity contribution in [2.24, 2.45) is 0 Å². The summed E-state index contributed by atoms with van der Waals surface area (Å²) in [5.41, 5.74) is 3.99. The van der Waals surface area contributed by atoms with Gasteiger partial charge in [0.15, 0.2) is 0 Å². The van der Waals surface area contributed by atoms with Crippen molar-refractivity contribution in [2.45, 2.75) is 13.0 Å². The van der Waals surface area contributed by atoms with Gasteiger partial charge in [0.2, 0.25) is 0 Å². The van der Waals surface area contributed by atoms with E-state index in [9.17, 15) is 4.79 Å². The van der Waals surface area contributed by atoms with Gasteiger partial charge >= 0.3 is 0 Å². The predicted octanol–water partition coefficient (Wildman–Crippen LogP) is 3.34. The lowest BCUT2D eigenvalue weighted by molar-refractivity contribution is 0.0963. The maximum Gasteiger partial charge on any atom is 0.251 e. The largest absolute Gasteiger partial charge is 0.355 e. The SMILES string of the molecule is CNC(=O)c1ccccc1-c1ccc(C(C)N(C)C)cc1. The van der Waals surface area contributed by atoms with Crippen molar-refractivity contribution < 1.29 is 4.79 Å². The van der Waals surface area contributed by atoms with Gasteiger partial charge in [-0.3, -0.25) is 4.79 Å². The molecule has 0 heterocycles. The van der Waals surface area contributed by atoms with Crippen molar-refractivity contribution in [1.82, 2.24) is 10.2 Å². The highest BCUT2D eigenvalue weighted by molar-refractivity contribution is 6.00. The molecule has 1 amide bonds. The number of nitrogens with one attached hydrogen (secondary N) is 1. The van der Waals surface area contributed by atoms with Crippen LogP contribution in [0.25, 0.3) is 11.1 Å². The summed E-state index contributed by atoms with van der Waals surface area (Å²) in [5, 5.41) is 2.69. The third kappa shape index (κ3) is 3.31. The first kappa shape index (κ1) is 15.3. The molecule has 0 aliphatic carbocycles. The Morgan fingerprint density at radius 3 is 2.24 bits per heavy atom. The van der Waals surface area contributed by atoms with E-state index in [0.717, 1.165) is 11.1 Å². The molecule has 0 radical (unpaired) electrons. The van der Waals surface area contributed by atoms with Gasteiger partial charge < -0.3 is 10.2 Å². The topological polar surface area (TPSA) is 32.3 Å². The number of carbonyl (C=O) groups excluding carboxylic acids is 1. The molecule has 3 nitrogen and oxygen atoms in total. The molecule has 2 rings (SSSR count). The summed E-state index contributed by atoms with van der Waals surface area (Å²) >= 11 is 0. The third-order valence-corrected chi connectivity index (χ3v) is 3.88. The molecule has 0 fully saturated rings. The molecular weight excluding hydrogens is 260 g/mol. The third-order valence-electron chi connectivity index (χ3n) is 3.88. The normalized spacial score (nSPS) is 12.2. The highest BCUT2D eigenvalue weighted by atomic mass is 16.1. The van der Waals surface area contributed by atoms with Crippen molar-refractivity contribution in [3.8, 4) is 11.1 Å². The van der Waals surface area contributed by atoms with E-state index in [1.165, 1.54) is 5.56 Å². The van der Waals surface area contributed by atoms with Crippen LogP contribution in [0, 0.1) is 0 Å². The smallest absolute Gasteiger partial charge is 0.251 e. The summed E-state index contributed by atoms with van der Waals surface area (Å²) in [6.07, 6.45) is 0. The zero-order valence-corrected chi connectivity index (χ0v) is 13.1. The Labute approximate surface area is 126 Å². The lowest BCUT2D eigenvalue weighted by atomic mass is 9.97. The van der Waals surface area contributed by atoms with Crippen molar-refractivity contribution in [1.29, 1.82) is 0 Å². The van der Waals surface area contributed by atoms with Gasteiger partial charge in [-0.15, -0.1) is 0 Å². The van der Waals surface area contributed by atoms with Gasteiger partial charge in [-0.2, -0.15) is 0 Å². The lowest BCUT2D eigenvalue weighted by Gasteiger charge is -2.20. The van der Waals surface area contributed by atoms with Crippen molar-refractivity contribution >= 4 is 5.91 Å². The van der Waals surface area contributed by atoms with Gasteiger partial charge in [-0.05, 0) is 43.8 Å². The van der Waals surface area contributed by atoms with Crippen LogP contribution in [-0.4, -0.2) is 32.0 Å². The number of nitrogens with zero attached hydrogens (tertiary/aromatic N) is 1. The lowest BCUT2D eigenvalue weighted by Crippen LogP contribution is -2.18. The number of amides is 1. The van der Waals surface area contributed by atoms with Crippen molar-refractivity contribution in [3.63, 3.8) is 0 Å². The van der Waals surface area contributed by atoms with Gasteiger partial charge in [0, 0.05) is 18.7 Å². The molecule has 21 heavy (non-hydrogen) atoms. The highest BCUT2D eigenvalue weighted by Gasteiger charge is 2.12. The summed E-state index contributed by atoms with van der Waals surface area (Å²) in [6, 6.07) is 16.5. The van der Waals surface area contributed by atoms with E-state index >= 15 is 0 Å². The minimum atomic E-state index is -0.0589. The zero-order chi connectivity index (χ0) is 15.4. The Morgan fingerprint density at radius 1 is 1.05 bits per heavy atom. The van der Waals surface area contributed by atoms with Gasteiger partial charge in [-0.1, -0.05) is 42.5 Å². The zero-order valence-electron chi connectivity index (χ0n) is 13.1. The maximum absolute atomic E-state index is 12.0. The van der Waals surface area contributed by atoms with Crippen molar-refractivity contribution in [3.05, 3.63) is 59.7 Å². The molecule has 1 atom stereocenters. The fourth-order valence-electron chi connectivity index (χ4n) is 2.31. The average Bonchev–Trinajstić information content (AvgIpc) is 2.53. The van der Waals surface area contributed by atoms with Crippen LogP contribution in [-0.2, 0) is 0 Å². The summed E-state index contributed by atoms with van der Waals surface area (Å²) < 4.78 is 0. The molecular formula is C18H22N2O.